The predicted molar refractivity (Wildman–Crippen MR) is 54.6 cm³/mol. The van der Waals surface area contributed by atoms with Crippen LogP contribution in [0, 0.1) is 5.92 Å². The molecule has 2 amide bonds. The highest BCUT2D eigenvalue weighted by Crippen LogP contribution is 2.13. The van der Waals surface area contributed by atoms with E-state index >= 15 is 0 Å². The maximum Gasteiger partial charge on any atom is 0.349 e. The molecule has 1 saturated heterocycles. The van der Waals surface area contributed by atoms with E-state index in [-0.39, 0.29) is 18.8 Å². The van der Waals surface area contributed by atoms with Crippen LogP contribution < -0.4 is 5.73 Å². The first-order valence-electron chi connectivity index (χ1n) is 5.25. The average molecular weight is 232 g/mol. The third kappa shape index (κ3) is 3.03. The van der Waals surface area contributed by atoms with Gasteiger partial charge in [0.15, 0.2) is 0 Å². The SMILES string of the molecule is CC(C)CC([15NH2])[13C](=[18O])ON1C(=O)CCC1=O. The second-order valence-corrected chi connectivity index (χ2v) is 4.23. The Morgan fingerprint density at radius 1 is 1.44 bits per heavy atom. The zero-order chi connectivity index (χ0) is 12.3. The van der Waals surface area contributed by atoms with Gasteiger partial charge in [0.2, 0.25) is 0 Å². The number of carbonyl (C=O) groups is 3. The van der Waals surface area contributed by atoms with E-state index in [0.717, 1.165) is 0 Å². The van der Waals surface area contributed by atoms with Crippen molar-refractivity contribution in [2.75, 3.05) is 0 Å². The van der Waals surface area contributed by atoms with E-state index in [0.29, 0.717) is 11.5 Å². The van der Waals surface area contributed by atoms with Crippen molar-refractivity contribution in [1.29, 1.82) is 0 Å². The maximum atomic E-state index is 11.4. The van der Waals surface area contributed by atoms with E-state index in [4.69, 9.17) is 5.73 Å². The molecular formula is C10H16N2O4. The van der Waals surface area contributed by atoms with Crippen LogP contribution in [0.5, 0.6) is 0 Å². The molecule has 0 bridgehead atoms. The lowest BCUT2D eigenvalue weighted by Gasteiger charge is -2.17. The summed E-state index contributed by atoms with van der Waals surface area (Å²) in [4.78, 5) is 38.4. The number of amides is 2. The van der Waals surface area contributed by atoms with Crippen LogP contribution in [0.3, 0.4) is 0 Å². The molecule has 0 radical (unpaired) electrons. The number of hydrogen-bond donors (Lipinski definition) is 1. The Kier molecular flexibility index (Phi) is 4.00. The molecule has 16 heavy (non-hydrogen) atoms. The summed E-state index contributed by atoms with van der Waals surface area (Å²) in [6, 6.07) is -0.804. The van der Waals surface area contributed by atoms with Crippen LogP contribution in [-0.2, 0) is 19.2 Å². The van der Waals surface area contributed by atoms with Crippen LogP contribution in [0.4, 0.5) is 0 Å². The van der Waals surface area contributed by atoms with E-state index in [1.165, 1.54) is 0 Å². The standard InChI is InChI=1S/C10H16N2O4/c1-6(2)5-7(11)10(15)16-12-8(13)3-4-9(12)14/h6-7H,3-5,11H2,1-2H3/i10+1,11+1,15+2. The monoisotopic (exact) mass is 232 g/mol. The van der Waals surface area contributed by atoms with Crippen molar-refractivity contribution in [2.45, 2.75) is 39.2 Å². The fourth-order valence-corrected chi connectivity index (χ4v) is 1.42. The third-order valence-corrected chi connectivity index (χ3v) is 2.22. The molecule has 1 heterocycles. The Bertz CT molecular complexity index is 298. The van der Waals surface area contributed by atoms with Crippen LogP contribution in [0.25, 0.3) is 0 Å². The van der Waals surface area contributed by atoms with Crippen LogP contribution in [0.15, 0.2) is 0 Å². The lowest BCUT2D eigenvalue weighted by molar-refractivity contribution is -0.198. The molecule has 0 aromatic carbocycles. The normalized spacial score (nSPS) is 18.1. The summed E-state index contributed by atoms with van der Waals surface area (Å²) in [7, 11) is 0. The minimum absolute atomic E-state index is 0.0888. The summed E-state index contributed by atoms with van der Waals surface area (Å²) < 4.78 is 0. The van der Waals surface area contributed by atoms with Crippen LogP contribution >= 0.6 is 0 Å². The molecule has 6 nitrogen and oxygen atoms in total. The van der Waals surface area contributed by atoms with Crippen molar-refractivity contribution in [3.8, 4) is 0 Å². The van der Waals surface area contributed by atoms with Gasteiger partial charge in [-0.3, -0.25) is 9.59 Å². The first kappa shape index (κ1) is 12.6. The predicted octanol–water partition coefficient (Wildman–Crippen LogP) is -0.0330. The molecule has 1 rings (SSSR count). The van der Waals surface area contributed by atoms with Gasteiger partial charge in [-0.25, -0.2) is 4.79 Å². The van der Waals surface area contributed by atoms with Gasteiger partial charge in [0.1, 0.15) is 6.04 Å². The molecule has 1 unspecified atom stereocenters. The fourth-order valence-electron chi connectivity index (χ4n) is 1.42. The van der Waals surface area contributed by atoms with Crippen molar-refractivity contribution < 1.29 is 19.2 Å². The Morgan fingerprint density at radius 2 is 1.94 bits per heavy atom. The van der Waals surface area contributed by atoms with Crippen molar-refractivity contribution in [3.63, 3.8) is 0 Å². The Balaban J connectivity index is 2.50. The number of imide groups is 1. The minimum Gasteiger partial charge on any atom is -0.329 e. The lowest BCUT2D eigenvalue weighted by Crippen LogP contribution is -2.40. The van der Waals surface area contributed by atoms with Crippen molar-refractivity contribution in [1.82, 2.24) is 5.06 Å². The lowest BCUT2D eigenvalue weighted by atomic mass is 10.1. The van der Waals surface area contributed by atoms with Crippen molar-refractivity contribution in [2.24, 2.45) is 11.7 Å². The number of nitrogens with two attached hydrogens (primary N) is 1. The highest BCUT2D eigenvalue weighted by Gasteiger charge is 2.34. The molecule has 1 aliphatic heterocycles. The third-order valence-electron chi connectivity index (χ3n) is 2.22. The summed E-state index contributed by atoms with van der Waals surface area (Å²) >= 11 is 0. The molecular weight excluding hydrogens is 216 g/mol. The Hall–Kier alpha value is -1.43. The van der Waals surface area contributed by atoms with Gasteiger partial charge in [-0.1, -0.05) is 13.8 Å². The van der Waals surface area contributed by atoms with Gasteiger partial charge in [-0.05, 0) is 12.3 Å². The number of rotatable bonds is 4. The highest BCUT2D eigenvalue weighted by molar-refractivity contribution is 6.01. The van der Waals surface area contributed by atoms with Gasteiger partial charge in [-0.2, -0.15) is 0 Å². The first-order valence-corrected chi connectivity index (χ1v) is 5.25. The van der Waals surface area contributed by atoms with Crippen molar-refractivity contribution >= 4 is 17.8 Å². The molecule has 90 valence electrons. The summed E-state index contributed by atoms with van der Waals surface area (Å²) in [5.41, 5.74) is 5.56. The van der Waals surface area contributed by atoms with Crippen LogP contribution in [0.2, 0.25) is 0 Å². The smallest absolute Gasteiger partial charge is 0.329 e. The fraction of sp³-hybridized carbons (Fsp3) is 0.700. The van der Waals surface area contributed by atoms with Crippen molar-refractivity contribution in [3.05, 3.63) is 0 Å². The second-order valence-electron chi connectivity index (χ2n) is 4.23. The summed E-state index contributed by atoms with van der Waals surface area (Å²) in [5, 5.41) is 0.516. The topological polar surface area (TPSA) is 89.7 Å². The molecule has 1 aliphatic rings. The van der Waals surface area contributed by atoms with Gasteiger partial charge in [0.05, 0.1) is 0 Å². The Morgan fingerprint density at radius 3 is 2.38 bits per heavy atom. The maximum absolute atomic E-state index is 11.4. The number of hydroxylamine groups is 2. The minimum atomic E-state index is -0.804. The highest BCUT2D eigenvalue weighted by atomic mass is 18.1. The molecule has 0 saturated carbocycles. The number of carbonyl (C=O) groups excluding carboxylic acids is 3. The zero-order valence-corrected chi connectivity index (χ0v) is 9.43. The molecule has 0 aromatic rings. The van der Waals surface area contributed by atoms with E-state index in [2.05, 4.69) is 4.84 Å². The molecule has 0 aliphatic carbocycles. The summed E-state index contributed by atoms with van der Waals surface area (Å²) in [6.07, 6.45) is 0.631. The zero-order valence-electron chi connectivity index (χ0n) is 9.43. The van der Waals surface area contributed by atoms with Crippen LogP contribution in [0.1, 0.15) is 33.1 Å². The van der Waals surface area contributed by atoms with E-state index < -0.39 is 23.8 Å². The van der Waals surface area contributed by atoms with E-state index in [1.54, 1.807) is 0 Å². The summed E-state index contributed by atoms with van der Waals surface area (Å²) in [5.74, 6) is -1.48. The van der Waals surface area contributed by atoms with E-state index in [9.17, 15) is 14.4 Å². The van der Waals surface area contributed by atoms with Gasteiger partial charge < -0.3 is 10.6 Å². The number of nitrogens with zero attached hydrogens (tertiary/aromatic N) is 1. The van der Waals surface area contributed by atoms with Gasteiger partial charge in [-0.15, -0.1) is 5.06 Å². The molecule has 1 atom stereocenters. The van der Waals surface area contributed by atoms with Gasteiger partial charge in [0, 0.05) is 12.8 Å². The molecule has 0 spiro atoms. The first-order chi connectivity index (χ1) is 7.41. The molecule has 0 aromatic heterocycles. The molecule has 1 fully saturated rings. The summed E-state index contributed by atoms with van der Waals surface area (Å²) in [6.45, 7) is 3.83. The molecule has 2 N–H and O–H groups in total. The molecule has 6 heteroatoms. The van der Waals surface area contributed by atoms with Gasteiger partial charge in [0.25, 0.3) is 11.8 Å². The average Bonchev–Trinajstić information content (AvgIpc) is 2.48. The Labute approximate surface area is 93.7 Å². The van der Waals surface area contributed by atoms with Crippen LogP contribution in [-0.4, -0.2) is 28.9 Å². The quantitative estimate of drug-likeness (QED) is 0.318. The number of hydrogen-bond acceptors (Lipinski definition) is 5. The largest absolute Gasteiger partial charge is 0.349 e. The van der Waals surface area contributed by atoms with Gasteiger partial charge >= 0.3 is 5.97 Å². The second kappa shape index (κ2) is 5.07. The van der Waals surface area contributed by atoms with E-state index in [1.807, 2.05) is 13.8 Å².